The molecule has 6 aromatic carbocycles. The van der Waals surface area contributed by atoms with Crippen LogP contribution in [0.5, 0.6) is 0 Å². The molecular formula is C38H34Si. The first-order valence-corrected chi connectivity index (χ1v) is 17.0. The van der Waals surface area contributed by atoms with Crippen LogP contribution in [0.25, 0.3) is 54.9 Å². The van der Waals surface area contributed by atoms with Gasteiger partial charge in [-0.25, -0.2) is 0 Å². The predicted octanol–water partition coefficient (Wildman–Crippen LogP) is 9.36. The fourth-order valence-corrected chi connectivity index (χ4v) is 10.8. The van der Waals surface area contributed by atoms with E-state index in [0.29, 0.717) is 0 Å². The minimum atomic E-state index is -1.97. The number of rotatable bonds is 2. The summed E-state index contributed by atoms with van der Waals surface area (Å²) in [6.07, 6.45) is 0. The predicted molar refractivity (Wildman–Crippen MR) is 173 cm³/mol. The van der Waals surface area contributed by atoms with E-state index >= 15 is 0 Å². The Morgan fingerprint density at radius 3 is 1.59 bits per heavy atom. The minimum absolute atomic E-state index is 1.31. The lowest BCUT2D eigenvalue weighted by atomic mass is 9.83. The molecule has 39 heavy (non-hydrogen) atoms. The smallest absolute Gasteiger partial charge is 0.0623 e. The first-order valence-electron chi connectivity index (χ1n) is 14.0. The molecule has 0 bridgehead atoms. The number of hydrogen-bond donors (Lipinski definition) is 0. The van der Waals surface area contributed by atoms with E-state index in [2.05, 4.69) is 138 Å². The van der Waals surface area contributed by atoms with E-state index in [9.17, 15) is 0 Å². The molecule has 7 rings (SSSR count). The van der Waals surface area contributed by atoms with Gasteiger partial charge in [0.1, 0.15) is 8.07 Å². The quantitative estimate of drug-likeness (QED) is 0.158. The Bertz CT molecular complexity index is 1930. The van der Waals surface area contributed by atoms with Crippen LogP contribution < -0.4 is 10.4 Å². The number of aryl methyl sites for hydroxylation is 4. The molecule has 0 atom stereocenters. The summed E-state index contributed by atoms with van der Waals surface area (Å²) in [5.41, 5.74) is 13.5. The highest BCUT2D eigenvalue weighted by Gasteiger charge is 2.39. The molecule has 0 aromatic heterocycles. The average Bonchev–Trinajstić information content (AvgIpc) is 3.13. The molecule has 0 amide bonds. The molecule has 190 valence electrons. The van der Waals surface area contributed by atoms with Crippen molar-refractivity contribution in [3.63, 3.8) is 0 Å². The Morgan fingerprint density at radius 2 is 0.974 bits per heavy atom. The molecule has 0 fully saturated rings. The van der Waals surface area contributed by atoms with Crippen LogP contribution in [0.1, 0.15) is 22.3 Å². The Morgan fingerprint density at radius 1 is 0.462 bits per heavy atom. The van der Waals surface area contributed by atoms with Crippen molar-refractivity contribution in [1.82, 2.24) is 0 Å². The molecule has 1 aliphatic heterocycles. The maximum Gasteiger partial charge on any atom is 0.114 e. The zero-order valence-corrected chi connectivity index (χ0v) is 24.7. The van der Waals surface area contributed by atoms with Gasteiger partial charge in [0.05, 0.1) is 0 Å². The molecule has 0 unspecified atom stereocenters. The van der Waals surface area contributed by atoms with Gasteiger partial charge in [0.25, 0.3) is 0 Å². The summed E-state index contributed by atoms with van der Waals surface area (Å²) < 4.78 is 0. The molecule has 1 heterocycles. The third kappa shape index (κ3) is 3.57. The summed E-state index contributed by atoms with van der Waals surface area (Å²) in [6, 6.07) is 37.2. The van der Waals surface area contributed by atoms with Crippen molar-refractivity contribution in [3.8, 4) is 33.4 Å². The van der Waals surface area contributed by atoms with Crippen LogP contribution in [0.15, 0.2) is 97.1 Å². The first-order chi connectivity index (χ1) is 18.7. The SMILES string of the molecule is Cc1cc(C)cc(-c2c3ccccc3c(-c3cc(C)cc(C)c3)c3c4c(ccc23)-c2ccccc2[Si]4(C)C)c1. The second-order valence-corrected chi connectivity index (χ2v) is 16.4. The highest BCUT2D eigenvalue weighted by Crippen LogP contribution is 2.46. The van der Waals surface area contributed by atoms with Crippen molar-refractivity contribution in [3.05, 3.63) is 119 Å². The highest BCUT2D eigenvalue weighted by atomic mass is 28.3. The van der Waals surface area contributed by atoms with Crippen molar-refractivity contribution < 1.29 is 0 Å². The summed E-state index contributed by atoms with van der Waals surface area (Å²) in [7, 11) is -1.97. The summed E-state index contributed by atoms with van der Waals surface area (Å²) in [5, 5.41) is 8.65. The molecule has 0 nitrogen and oxygen atoms in total. The van der Waals surface area contributed by atoms with Gasteiger partial charge in [-0.2, -0.15) is 0 Å². The maximum absolute atomic E-state index is 2.55. The number of hydrogen-bond acceptors (Lipinski definition) is 0. The van der Waals surface area contributed by atoms with E-state index in [1.54, 1.807) is 10.4 Å². The standard InChI is InChI=1S/C38H34Si/c1-23-17-24(2)20-27(19-23)35-30-12-7-8-13-31(30)36(28-21-25(3)18-26(4)22-28)37-33(35)16-15-32-29-11-9-10-14-34(29)39(5,6)38(32)37/h7-22H,1-6H3. The molecular weight excluding hydrogens is 485 g/mol. The number of fused-ring (bicyclic) bond motifs is 6. The highest BCUT2D eigenvalue weighted by molar-refractivity contribution is 7.05. The zero-order valence-electron chi connectivity index (χ0n) is 23.7. The third-order valence-electron chi connectivity index (χ3n) is 8.73. The van der Waals surface area contributed by atoms with Crippen molar-refractivity contribution in [2.24, 2.45) is 0 Å². The summed E-state index contributed by atoms with van der Waals surface area (Å²) in [4.78, 5) is 0. The normalized spacial score (nSPS) is 13.6. The van der Waals surface area contributed by atoms with E-state index in [-0.39, 0.29) is 0 Å². The Hall–Kier alpha value is -3.94. The van der Waals surface area contributed by atoms with Crippen LogP contribution in [0.2, 0.25) is 13.1 Å². The molecule has 0 radical (unpaired) electrons. The van der Waals surface area contributed by atoms with Crippen LogP contribution in [0.3, 0.4) is 0 Å². The van der Waals surface area contributed by atoms with Gasteiger partial charge < -0.3 is 0 Å². The van der Waals surface area contributed by atoms with E-state index in [4.69, 9.17) is 0 Å². The van der Waals surface area contributed by atoms with Crippen molar-refractivity contribution in [2.45, 2.75) is 40.8 Å². The topological polar surface area (TPSA) is 0 Å². The van der Waals surface area contributed by atoms with Gasteiger partial charge in [-0.05, 0) is 93.0 Å². The van der Waals surface area contributed by atoms with Crippen LogP contribution in [-0.4, -0.2) is 8.07 Å². The summed E-state index contributed by atoms with van der Waals surface area (Å²) >= 11 is 0. The first kappa shape index (κ1) is 24.1. The molecule has 0 N–H and O–H groups in total. The average molecular weight is 519 g/mol. The molecule has 1 heteroatoms. The van der Waals surface area contributed by atoms with Gasteiger partial charge in [0, 0.05) is 0 Å². The molecule has 0 spiro atoms. The van der Waals surface area contributed by atoms with E-state index in [0.717, 1.165) is 0 Å². The van der Waals surface area contributed by atoms with Crippen molar-refractivity contribution in [2.75, 3.05) is 0 Å². The van der Waals surface area contributed by atoms with E-state index in [1.165, 1.54) is 77.2 Å². The second kappa shape index (κ2) is 8.53. The lowest BCUT2D eigenvalue weighted by molar-refractivity contribution is 1.38. The van der Waals surface area contributed by atoms with Gasteiger partial charge in [-0.3, -0.25) is 0 Å². The zero-order chi connectivity index (χ0) is 27.1. The summed E-state index contributed by atoms with van der Waals surface area (Å²) in [6.45, 7) is 14.0. The van der Waals surface area contributed by atoms with E-state index < -0.39 is 8.07 Å². The van der Waals surface area contributed by atoms with Gasteiger partial charge >= 0.3 is 0 Å². The van der Waals surface area contributed by atoms with Crippen LogP contribution in [0, 0.1) is 27.7 Å². The van der Waals surface area contributed by atoms with Gasteiger partial charge in [-0.1, -0.05) is 132 Å². The lowest BCUT2D eigenvalue weighted by Crippen LogP contribution is -2.49. The van der Waals surface area contributed by atoms with Crippen LogP contribution in [0.4, 0.5) is 0 Å². The Labute approximate surface area is 233 Å². The molecule has 1 aliphatic rings. The van der Waals surface area contributed by atoms with E-state index in [1.807, 2.05) is 0 Å². The second-order valence-electron chi connectivity index (χ2n) is 12.1. The Balaban J connectivity index is 1.76. The monoisotopic (exact) mass is 518 g/mol. The molecule has 0 saturated heterocycles. The maximum atomic E-state index is 2.55. The molecule has 0 saturated carbocycles. The molecule has 0 aliphatic carbocycles. The minimum Gasteiger partial charge on any atom is -0.0623 e. The molecule has 6 aromatic rings. The van der Waals surface area contributed by atoms with Crippen molar-refractivity contribution in [1.29, 1.82) is 0 Å². The van der Waals surface area contributed by atoms with Gasteiger partial charge in [-0.15, -0.1) is 0 Å². The third-order valence-corrected chi connectivity index (χ3v) is 12.3. The van der Waals surface area contributed by atoms with Gasteiger partial charge in [0.2, 0.25) is 0 Å². The van der Waals surface area contributed by atoms with Crippen molar-refractivity contribution >= 4 is 40.0 Å². The summed E-state index contributed by atoms with van der Waals surface area (Å²) in [5.74, 6) is 0. The van der Waals surface area contributed by atoms with Crippen LogP contribution in [-0.2, 0) is 0 Å². The fraction of sp³-hybridized carbons (Fsp3) is 0.158. The largest absolute Gasteiger partial charge is 0.114 e. The number of benzene rings is 6. The fourth-order valence-electron chi connectivity index (χ4n) is 7.39. The van der Waals surface area contributed by atoms with Crippen LogP contribution >= 0.6 is 0 Å². The Kier molecular flexibility index (Phi) is 5.28. The van der Waals surface area contributed by atoms with Gasteiger partial charge in [0.15, 0.2) is 0 Å². The lowest BCUT2D eigenvalue weighted by Gasteiger charge is -2.26.